The van der Waals surface area contributed by atoms with E-state index >= 15 is 0 Å². The molecule has 5 nitrogen and oxygen atoms in total. The molecule has 1 fully saturated rings. The molecule has 0 aliphatic carbocycles. The lowest BCUT2D eigenvalue weighted by Gasteiger charge is -2.19. The molecule has 2 aromatic carbocycles. The summed E-state index contributed by atoms with van der Waals surface area (Å²) in [5.41, 5.74) is 1.43. The third kappa shape index (κ3) is 4.78. The van der Waals surface area contributed by atoms with Gasteiger partial charge in [-0.1, -0.05) is 30.3 Å². The molecule has 27 heavy (non-hydrogen) atoms. The van der Waals surface area contributed by atoms with Gasteiger partial charge in [0.05, 0.1) is 6.04 Å². The SMILES string of the molecule is O=C(CCCC(=O)N1C(=O)OCC1Cc1ccccc1)c1ccc(F)cc1. The smallest absolute Gasteiger partial charge is 0.416 e. The Bertz CT molecular complexity index is 820. The lowest BCUT2D eigenvalue weighted by atomic mass is 10.0. The van der Waals surface area contributed by atoms with Gasteiger partial charge < -0.3 is 4.74 Å². The fourth-order valence-electron chi connectivity index (χ4n) is 3.10. The van der Waals surface area contributed by atoms with E-state index in [-0.39, 0.29) is 37.2 Å². The van der Waals surface area contributed by atoms with Crippen LogP contribution in [0.4, 0.5) is 9.18 Å². The van der Waals surface area contributed by atoms with Crippen LogP contribution in [0.5, 0.6) is 0 Å². The van der Waals surface area contributed by atoms with Crippen LogP contribution in [0, 0.1) is 5.82 Å². The van der Waals surface area contributed by atoms with Crippen LogP contribution >= 0.6 is 0 Å². The minimum Gasteiger partial charge on any atom is -0.447 e. The number of halogens is 1. The van der Waals surface area contributed by atoms with Crippen LogP contribution < -0.4 is 0 Å². The molecule has 0 radical (unpaired) electrons. The zero-order valence-electron chi connectivity index (χ0n) is 14.8. The number of carbonyl (C=O) groups is 3. The number of hydrogen-bond acceptors (Lipinski definition) is 4. The zero-order valence-corrected chi connectivity index (χ0v) is 14.8. The first-order valence-corrected chi connectivity index (χ1v) is 8.86. The van der Waals surface area contributed by atoms with Crippen LogP contribution in [0.15, 0.2) is 54.6 Å². The number of amides is 2. The summed E-state index contributed by atoms with van der Waals surface area (Å²) in [5, 5.41) is 0. The minimum absolute atomic E-state index is 0.0767. The van der Waals surface area contributed by atoms with Gasteiger partial charge in [0.15, 0.2) is 5.78 Å². The topological polar surface area (TPSA) is 63.7 Å². The number of nitrogens with zero attached hydrogens (tertiary/aromatic N) is 1. The van der Waals surface area contributed by atoms with Gasteiger partial charge in [-0.25, -0.2) is 14.1 Å². The van der Waals surface area contributed by atoms with E-state index in [0.717, 1.165) is 10.5 Å². The van der Waals surface area contributed by atoms with Crippen LogP contribution in [0.3, 0.4) is 0 Å². The third-order valence-electron chi connectivity index (χ3n) is 4.50. The van der Waals surface area contributed by atoms with E-state index in [1.165, 1.54) is 24.3 Å². The Labute approximate surface area is 156 Å². The quantitative estimate of drug-likeness (QED) is 0.697. The maximum Gasteiger partial charge on any atom is 0.416 e. The number of carbonyl (C=O) groups excluding carboxylic acids is 3. The van der Waals surface area contributed by atoms with E-state index in [1.807, 2.05) is 30.3 Å². The second kappa shape index (κ2) is 8.58. The molecular formula is C21H20FNO4. The van der Waals surface area contributed by atoms with E-state index in [1.54, 1.807) is 0 Å². The van der Waals surface area contributed by atoms with E-state index in [0.29, 0.717) is 18.4 Å². The largest absolute Gasteiger partial charge is 0.447 e. The molecular weight excluding hydrogens is 349 g/mol. The Kier molecular flexibility index (Phi) is 5.96. The molecule has 3 rings (SSSR count). The monoisotopic (exact) mass is 369 g/mol. The number of ether oxygens (including phenoxy) is 1. The van der Waals surface area contributed by atoms with Crippen molar-refractivity contribution < 1.29 is 23.5 Å². The summed E-state index contributed by atoms with van der Waals surface area (Å²) in [4.78, 5) is 37.7. The molecule has 1 atom stereocenters. The Morgan fingerprint density at radius 1 is 1.04 bits per heavy atom. The molecule has 0 saturated carbocycles. The van der Waals surface area contributed by atoms with E-state index in [4.69, 9.17) is 4.74 Å². The molecule has 0 spiro atoms. The Morgan fingerprint density at radius 3 is 2.44 bits per heavy atom. The molecule has 2 amide bonds. The fourth-order valence-corrected chi connectivity index (χ4v) is 3.10. The summed E-state index contributed by atoms with van der Waals surface area (Å²) in [6, 6.07) is 14.6. The summed E-state index contributed by atoms with van der Waals surface area (Å²) in [7, 11) is 0. The van der Waals surface area contributed by atoms with Gasteiger partial charge >= 0.3 is 6.09 Å². The number of cyclic esters (lactones) is 1. The van der Waals surface area contributed by atoms with Gasteiger partial charge in [-0.15, -0.1) is 0 Å². The van der Waals surface area contributed by atoms with E-state index in [2.05, 4.69) is 0 Å². The highest BCUT2D eigenvalue weighted by Crippen LogP contribution is 2.19. The average molecular weight is 369 g/mol. The van der Waals surface area contributed by atoms with Gasteiger partial charge in [0.2, 0.25) is 5.91 Å². The van der Waals surface area contributed by atoms with Crippen LogP contribution in [-0.4, -0.2) is 35.3 Å². The Balaban J connectivity index is 1.53. The van der Waals surface area contributed by atoms with Gasteiger partial charge in [-0.3, -0.25) is 9.59 Å². The van der Waals surface area contributed by atoms with Crippen molar-refractivity contribution in [1.29, 1.82) is 0 Å². The first kappa shape index (κ1) is 18.8. The zero-order chi connectivity index (χ0) is 19.2. The average Bonchev–Trinajstić information content (AvgIpc) is 3.03. The predicted octanol–water partition coefficient (Wildman–Crippen LogP) is 3.77. The summed E-state index contributed by atoms with van der Waals surface area (Å²) in [6.45, 7) is 0.175. The normalized spacial score (nSPS) is 16.3. The Hall–Kier alpha value is -3.02. The van der Waals surface area contributed by atoms with Crippen LogP contribution in [0.25, 0.3) is 0 Å². The van der Waals surface area contributed by atoms with Gasteiger partial charge in [-0.2, -0.15) is 0 Å². The molecule has 1 aliphatic rings. The molecule has 0 aromatic heterocycles. The summed E-state index contributed by atoms with van der Waals surface area (Å²) < 4.78 is 17.9. The van der Waals surface area contributed by atoms with Crippen molar-refractivity contribution in [1.82, 2.24) is 4.90 Å². The summed E-state index contributed by atoms with van der Waals surface area (Å²) in [6.07, 6.45) is 0.450. The molecule has 140 valence electrons. The van der Waals surface area contributed by atoms with Gasteiger partial charge in [0.1, 0.15) is 12.4 Å². The highest BCUT2D eigenvalue weighted by Gasteiger charge is 2.37. The molecule has 0 bridgehead atoms. The Morgan fingerprint density at radius 2 is 1.74 bits per heavy atom. The van der Waals surface area contributed by atoms with Crippen LogP contribution in [0.2, 0.25) is 0 Å². The number of imide groups is 1. The van der Waals surface area contributed by atoms with Crippen molar-refractivity contribution in [2.24, 2.45) is 0 Å². The highest BCUT2D eigenvalue weighted by molar-refractivity contribution is 5.97. The summed E-state index contributed by atoms with van der Waals surface area (Å²) in [5.74, 6) is -0.906. The predicted molar refractivity (Wildman–Crippen MR) is 96.7 cm³/mol. The second-order valence-electron chi connectivity index (χ2n) is 6.47. The molecule has 1 aliphatic heterocycles. The number of rotatable bonds is 7. The van der Waals surface area contributed by atoms with E-state index < -0.39 is 11.9 Å². The number of hydrogen-bond donors (Lipinski definition) is 0. The van der Waals surface area contributed by atoms with Crippen molar-refractivity contribution >= 4 is 17.8 Å². The summed E-state index contributed by atoms with van der Waals surface area (Å²) >= 11 is 0. The fraction of sp³-hybridized carbons (Fsp3) is 0.286. The molecule has 2 aromatic rings. The maximum absolute atomic E-state index is 12.9. The second-order valence-corrected chi connectivity index (χ2v) is 6.47. The van der Waals surface area contributed by atoms with Crippen molar-refractivity contribution in [2.75, 3.05) is 6.61 Å². The molecule has 1 unspecified atom stereocenters. The van der Waals surface area contributed by atoms with E-state index in [9.17, 15) is 18.8 Å². The molecule has 1 saturated heterocycles. The van der Waals surface area contributed by atoms with Gasteiger partial charge in [0, 0.05) is 18.4 Å². The van der Waals surface area contributed by atoms with Crippen molar-refractivity contribution in [3.05, 3.63) is 71.5 Å². The van der Waals surface area contributed by atoms with Crippen molar-refractivity contribution in [2.45, 2.75) is 31.7 Å². The lowest BCUT2D eigenvalue weighted by Crippen LogP contribution is -2.40. The molecule has 0 N–H and O–H groups in total. The minimum atomic E-state index is -0.634. The molecule has 1 heterocycles. The highest BCUT2D eigenvalue weighted by atomic mass is 19.1. The molecule has 6 heteroatoms. The van der Waals surface area contributed by atoms with Crippen molar-refractivity contribution in [3.63, 3.8) is 0 Å². The van der Waals surface area contributed by atoms with Crippen molar-refractivity contribution in [3.8, 4) is 0 Å². The maximum atomic E-state index is 12.9. The van der Waals surface area contributed by atoms with Gasteiger partial charge in [-0.05, 0) is 42.7 Å². The lowest BCUT2D eigenvalue weighted by molar-refractivity contribution is -0.129. The van der Waals surface area contributed by atoms with Gasteiger partial charge in [0.25, 0.3) is 0 Å². The number of Topliss-reactive ketones (excluding diaryl/α,β-unsaturated/α-hetero) is 1. The number of benzene rings is 2. The standard InChI is InChI=1S/C21H20FNO4/c22-17-11-9-16(10-12-17)19(24)7-4-8-20(25)23-18(14-27-21(23)26)13-15-5-2-1-3-6-15/h1-3,5-6,9-12,18H,4,7-8,13-14H2. The number of ketones is 1. The van der Waals surface area contributed by atoms with Crippen LogP contribution in [0.1, 0.15) is 35.2 Å². The first-order valence-electron chi connectivity index (χ1n) is 8.86. The first-order chi connectivity index (χ1) is 13.0. The third-order valence-corrected chi connectivity index (χ3v) is 4.50. The van der Waals surface area contributed by atoms with Crippen LogP contribution in [-0.2, 0) is 16.0 Å².